The van der Waals surface area contributed by atoms with Crippen LogP contribution in [0.25, 0.3) is 0 Å². The van der Waals surface area contributed by atoms with Crippen molar-refractivity contribution in [3.05, 3.63) is 89.2 Å². The van der Waals surface area contributed by atoms with E-state index >= 15 is 0 Å². The fraction of sp³-hybridized carbons (Fsp3) is 0.231. The summed E-state index contributed by atoms with van der Waals surface area (Å²) in [5, 5.41) is 3.05. The lowest BCUT2D eigenvalue weighted by atomic mass is 10.1. The van der Waals surface area contributed by atoms with Gasteiger partial charge >= 0.3 is 0 Å². The fourth-order valence-electron chi connectivity index (χ4n) is 4.50. The molecule has 33 heavy (non-hydrogen) atoms. The molecule has 0 aromatic heterocycles. The molecule has 0 bridgehead atoms. The number of carbonyl (C=O) groups excluding carboxylic acids is 2. The number of halogens is 1. The third-order valence-electron chi connectivity index (χ3n) is 6.25. The van der Waals surface area contributed by atoms with E-state index in [1.165, 1.54) is 11.0 Å². The van der Waals surface area contributed by atoms with Gasteiger partial charge in [0, 0.05) is 17.2 Å². The molecule has 0 saturated heterocycles. The van der Waals surface area contributed by atoms with Crippen LogP contribution in [0.15, 0.2) is 76.5 Å². The van der Waals surface area contributed by atoms with Crippen LogP contribution >= 0.6 is 0 Å². The number of hydrogen-bond acceptors (Lipinski definition) is 3. The lowest BCUT2D eigenvalue weighted by Crippen LogP contribution is -2.33. The predicted molar refractivity (Wildman–Crippen MR) is 124 cm³/mol. The minimum atomic E-state index is -1.63. The van der Waals surface area contributed by atoms with Crippen molar-refractivity contribution < 1.29 is 18.2 Å². The smallest absolute Gasteiger partial charge is 0.259 e. The van der Waals surface area contributed by atoms with Gasteiger partial charge in [0.1, 0.15) is 5.82 Å². The second-order valence-electron chi connectivity index (χ2n) is 8.38. The monoisotopic (exact) mass is 462 g/mol. The molecule has 0 radical (unpaired) electrons. The number of rotatable bonds is 4. The number of carbonyl (C=O) groups is 2. The van der Waals surface area contributed by atoms with E-state index in [0.29, 0.717) is 32.2 Å². The van der Waals surface area contributed by atoms with Crippen LogP contribution in [-0.2, 0) is 17.3 Å². The molecule has 1 aliphatic heterocycles. The Balaban J connectivity index is 1.60. The SMILES string of the molecule is O=C(NC1CCCC1)c1ccc2c(c1)N(Cc1ccccc1F)C(=O)c1ccccc1[S@]2=O. The molecule has 3 aromatic carbocycles. The van der Waals surface area contributed by atoms with Crippen LogP contribution < -0.4 is 10.2 Å². The lowest BCUT2D eigenvalue weighted by Gasteiger charge is -2.24. The summed E-state index contributed by atoms with van der Waals surface area (Å²) >= 11 is 0. The maximum absolute atomic E-state index is 14.5. The van der Waals surface area contributed by atoms with Crippen molar-refractivity contribution in [2.24, 2.45) is 0 Å². The first-order chi connectivity index (χ1) is 16.0. The molecule has 7 heteroatoms. The number of benzene rings is 3. The highest BCUT2D eigenvalue weighted by Crippen LogP contribution is 2.36. The molecule has 1 atom stereocenters. The molecule has 1 aliphatic carbocycles. The minimum absolute atomic E-state index is 0.0439. The largest absolute Gasteiger partial charge is 0.349 e. The van der Waals surface area contributed by atoms with Crippen LogP contribution in [0, 0.1) is 5.82 Å². The normalized spacial score (nSPS) is 17.9. The quantitative estimate of drug-likeness (QED) is 0.604. The average molecular weight is 463 g/mol. The Bertz CT molecular complexity index is 1270. The Morgan fingerprint density at radius 1 is 1.00 bits per heavy atom. The topological polar surface area (TPSA) is 66.5 Å². The molecule has 2 amide bonds. The molecule has 1 heterocycles. The summed E-state index contributed by atoms with van der Waals surface area (Å²) in [6.07, 6.45) is 4.09. The number of amides is 2. The van der Waals surface area contributed by atoms with Crippen molar-refractivity contribution >= 4 is 28.3 Å². The van der Waals surface area contributed by atoms with Crippen molar-refractivity contribution in [3.63, 3.8) is 0 Å². The molecule has 0 unspecified atom stereocenters. The summed E-state index contributed by atoms with van der Waals surface area (Å²) < 4.78 is 28.0. The lowest BCUT2D eigenvalue weighted by molar-refractivity contribution is 0.0935. The van der Waals surface area contributed by atoms with Crippen LogP contribution in [0.5, 0.6) is 0 Å². The number of fused-ring (bicyclic) bond motifs is 2. The van der Waals surface area contributed by atoms with Crippen LogP contribution in [0.4, 0.5) is 10.1 Å². The standard InChI is InChI=1S/C26H23FN2O3S/c27-21-11-5-1-7-18(21)16-29-22-15-17(25(30)28-19-8-2-3-9-19)13-14-24(22)33(32)23-12-6-4-10-20(23)26(29)31/h1,4-7,10-15,19H,2-3,8-9,16H2,(H,28,30)/t33-/m1/s1. The summed E-state index contributed by atoms with van der Waals surface area (Å²) in [6.45, 7) is -0.0439. The van der Waals surface area contributed by atoms with Gasteiger partial charge in [0.25, 0.3) is 11.8 Å². The molecule has 5 nitrogen and oxygen atoms in total. The molecule has 5 rings (SSSR count). The van der Waals surface area contributed by atoms with E-state index in [2.05, 4.69) is 5.32 Å². The van der Waals surface area contributed by atoms with E-state index in [1.54, 1.807) is 60.7 Å². The van der Waals surface area contributed by atoms with Gasteiger partial charge < -0.3 is 10.2 Å². The fourth-order valence-corrected chi connectivity index (χ4v) is 5.84. The van der Waals surface area contributed by atoms with Crippen LogP contribution in [0.1, 0.15) is 52.0 Å². The van der Waals surface area contributed by atoms with Gasteiger partial charge in [0.05, 0.1) is 38.4 Å². The summed E-state index contributed by atoms with van der Waals surface area (Å²) in [4.78, 5) is 28.8. The molecule has 1 saturated carbocycles. The molecular weight excluding hydrogens is 439 g/mol. The van der Waals surface area contributed by atoms with Gasteiger partial charge in [-0.1, -0.05) is 43.2 Å². The summed E-state index contributed by atoms with van der Waals surface area (Å²) in [6, 6.07) is 18.0. The maximum atomic E-state index is 14.5. The molecule has 1 N–H and O–H groups in total. The number of nitrogens with zero attached hydrogens (tertiary/aromatic N) is 1. The molecule has 168 valence electrons. The Hall–Kier alpha value is -3.32. The zero-order valence-corrected chi connectivity index (χ0v) is 18.7. The highest BCUT2D eigenvalue weighted by atomic mass is 32.2. The van der Waals surface area contributed by atoms with Crippen LogP contribution in [0.3, 0.4) is 0 Å². The first-order valence-corrected chi connectivity index (χ1v) is 12.2. The molecule has 1 fully saturated rings. The zero-order valence-electron chi connectivity index (χ0n) is 17.9. The van der Waals surface area contributed by atoms with Gasteiger partial charge in [-0.05, 0) is 49.2 Å². The molecule has 2 aliphatic rings. The Kier molecular flexibility index (Phi) is 5.81. The van der Waals surface area contributed by atoms with Crippen molar-refractivity contribution in [2.75, 3.05) is 4.90 Å². The van der Waals surface area contributed by atoms with Gasteiger partial charge in [-0.2, -0.15) is 0 Å². The van der Waals surface area contributed by atoms with Crippen molar-refractivity contribution in [1.82, 2.24) is 5.32 Å². The number of hydrogen-bond donors (Lipinski definition) is 1. The van der Waals surface area contributed by atoms with Crippen molar-refractivity contribution in [3.8, 4) is 0 Å². The van der Waals surface area contributed by atoms with E-state index in [4.69, 9.17) is 0 Å². The third-order valence-corrected chi connectivity index (χ3v) is 7.75. The van der Waals surface area contributed by atoms with Crippen LogP contribution in [0.2, 0.25) is 0 Å². The Labute approximate surface area is 194 Å². The third kappa shape index (κ3) is 4.09. The Morgan fingerprint density at radius 2 is 1.73 bits per heavy atom. The Morgan fingerprint density at radius 3 is 2.52 bits per heavy atom. The summed E-state index contributed by atoms with van der Waals surface area (Å²) in [7, 11) is -1.63. The average Bonchev–Trinajstić information content (AvgIpc) is 3.33. The second kappa shape index (κ2) is 8.90. The van der Waals surface area contributed by atoms with Crippen molar-refractivity contribution in [1.29, 1.82) is 0 Å². The van der Waals surface area contributed by atoms with E-state index in [0.717, 1.165) is 25.7 Å². The number of nitrogens with one attached hydrogen (secondary N) is 1. The van der Waals surface area contributed by atoms with E-state index in [9.17, 15) is 18.2 Å². The highest BCUT2D eigenvalue weighted by molar-refractivity contribution is 7.85. The van der Waals surface area contributed by atoms with Gasteiger partial charge in [0.15, 0.2) is 0 Å². The minimum Gasteiger partial charge on any atom is -0.349 e. The maximum Gasteiger partial charge on any atom is 0.259 e. The molecule has 0 spiro atoms. The van der Waals surface area contributed by atoms with Gasteiger partial charge in [-0.15, -0.1) is 0 Å². The second-order valence-corrected chi connectivity index (χ2v) is 9.80. The predicted octanol–water partition coefficient (Wildman–Crippen LogP) is 4.83. The number of anilines is 1. The van der Waals surface area contributed by atoms with E-state index in [1.807, 2.05) is 0 Å². The van der Waals surface area contributed by atoms with Gasteiger partial charge in [0.2, 0.25) is 0 Å². The zero-order chi connectivity index (χ0) is 22.9. The van der Waals surface area contributed by atoms with Gasteiger partial charge in [-0.25, -0.2) is 8.60 Å². The highest BCUT2D eigenvalue weighted by Gasteiger charge is 2.32. The first kappa shape index (κ1) is 21.5. The van der Waals surface area contributed by atoms with Crippen molar-refractivity contribution in [2.45, 2.75) is 48.1 Å². The first-order valence-electron chi connectivity index (χ1n) is 11.0. The molecule has 3 aromatic rings. The van der Waals surface area contributed by atoms with Gasteiger partial charge in [-0.3, -0.25) is 9.59 Å². The summed E-state index contributed by atoms with van der Waals surface area (Å²) in [5.74, 6) is -1.04. The molecular formula is C26H23FN2O3S. The van der Waals surface area contributed by atoms with E-state index < -0.39 is 16.6 Å². The van der Waals surface area contributed by atoms with E-state index in [-0.39, 0.29) is 24.4 Å². The van der Waals surface area contributed by atoms with Crippen LogP contribution in [-0.4, -0.2) is 22.1 Å². The summed E-state index contributed by atoms with van der Waals surface area (Å²) in [5.41, 5.74) is 1.38.